The highest BCUT2D eigenvalue weighted by atomic mass is 32.2. The van der Waals surface area contributed by atoms with E-state index in [0.717, 1.165) is 0 Å². The summed E-state index contributed by atoms with van der Waals surface area (Å²) in [4.78, 5) is 0. The average Bonchev–Trinajstić information content (AvgIpc) is 1.63. The molecule has 0 aliphatic heterocycles. The average molecular weight is 143 g/mol. The minimum absolute atomic E-state index is 0.214. The molecule has 2 heteroatoms. The second-order valence-electron chi connectivity index (χ2n) is 2.79. The van der Waals surface area contributed by atoms with Gasteiger partial charge in [-0.05, 0) is 13.8 Å². The molecule has 0 aromatic heterocycles. The maximum atomic E-state index is 8.57. The van der Waals surface area contributed by atoms with Gasteiger partial charge in [0.25, 0.3) is 0 Å². The highest BCUT2D eigenvalue weighted by Crippen LogP contribution is 2.26. The van der Waals surface area contributed by atoms with Gasteiger partial charge < -0.3 is 0 Å². The van der Waals surface area contributed by atoms with Crippen molar-refractivity contribution >= 4 is 11.8 Å². The fraction of sp³-hybridized carbons (Fsp3) is 0.857. The molecule has 0 heterocycles. The summed E-state index contributed by atoms with van der Waals surface area (Å²) < 4.78 is -0.214. The monoisotopic (exact) mass is 143 g/mol. The quantitative estimate of drug-likeness (QED) is 0.592. The van der Waals surface area contributed by atoms with Crippen LogP contribution in [0.25, 0.3) is 0 Å². The van der Waals surface area contributed by atoms with E-state index in [-0.39, 0.29) is 4.75 Å². The zero-order valence-corrected chi connectivity index (χ0v) is 7.25. The third kappa shape index (κ3) is 4.35. The molecule has 0 aliphatic rings. The molecule has 0 saturated heterocycles. The van der Waals surface area contributed by atoms with Crippen LogP contribution in [0.4, 0.5) is 0 Å². The van der Waals surface area contributed by atoms with E-state index in [4.69, 9.17) is 5.26 Å². The van der Waals surface area contributed by atoms with Crippen LogP contribution in [0.5, 0.6) is 0 Å². The van der Waals surface area contributed by atoms with Crippen LogP contribution in [0.15, 0.2) is 0 Å². The van der Waals surface area contributed by atoms with E-state index < -0.39 is 0 Å². The molecule has 0 amide bonds. The predicted molar refractivity (Wildman–Crippen MR) is 42.4 cm³/mol. The van der Waals surface area contributed by atoms with Crippen LogP contribution >= 0.6 is 11.8 Å². The summed E-state index contributed by atoms with van der Waals surface area (Å²) in [6.07, 6.45) is 0. The minimum Gasteiger partial charge on any atom is -0.197 e. The molecule has 0 unspecified atom stereocenters. The molecule has 0 N–H and O–H groups in total. The van der Waals surface area contributed by atoms with Gasteiger partial charge in [0.2, 0.25) is 0 Å². The van der Waals surface area contributed by atoms with Gasteiger partial charge in [-0.25, -0.2) is 0 Å². The van der Waals surface area contributed by atoms with Crippen LogP contribution < -0.4 is 0 Å². The normalized spacial score (nSPS) is 11.6. The lowest BCUT2D eigenvalue weighted by Crippen LogP contribution is -2.13. The molecule has 1 nitrogen and oxygen atoms in total. The largest absolute Gasteiger partial charge is 0.197 e. The van der Waals surface area contributed by atoms with Crippen LogP contribution in [0.1, 0.15) is 27.7 Å². The molecule has 0 aromatic rings. The van der Waals surface area contributed by atoms with E-state index in [1.54, 1.807) is 11.8 Å². The van der Waals surface area contributed by atoms with E-state index in [1.165, 1.54) is 0 Å². The van der Waals surface area contributed by atoms with Gasteiger partial charge in [0.15, 0.2) is 0 Å². The molecule has 0 rings (SSSR count). The molecule has 0 aliphatic carbocycles. The standard InChI is InChI=1S/C7H13NS/c1-6(2)9-7(3,4)5-8/h6H,1-4H3. The van der Waals surface area contributed by atoms with Gasteiger partial charge in [-0.1, -0.05) is 13.8 Å². The Hall–Kier alpha value is -0.160. The van der Waals surface area contributed by atoms with Crippen molar-refractivity contribution in [1.82, 2.24) is 0 Å². The van der Waals surface area contributed by atoms with Gasteiger partial charge in [0, 0.05) is 5.25 Å². The Bertz CT molecular complexity index is 121. The molecule has 0 aromatic carbocycles. The van der Waals surface area contributed by atoms with Gasteiger partial charge in [0.1, 0.15) is 0 Å². The molecule has 0 saturated carbocycles. The fourth-order valence-corrected chi connectivity index (χ4v) is 1.85. The SMILES string of the molecule is CC(C)SC(C)(C)C#N. The van der Waals surface area contributed by atoms with Crippen molar-refractivity contribution in [3.05, 3.63) is 0 Å². The minimum atomic E-state index is -0.214. The van der Waals surface area contributed by atoms with Crippen molar-refractivity contribution in [2.45, 2.75) is 37.7 Å². The number of hydrogen-bond acceptors (Lipinski definition) is 2. The molecule has 0 bridgehead atoms. The van der Waals surface area contributed by atoms with Crippen LogP contribution in [-0.4, -0.2) is 10.00 Å². The fourth-order valence-electron chi connectivity index (χ4n) is 0.616. The molecule has 0 spiro atoms. The third-order valence-corrected chi connectivity index (χ3v) is 1.95. The highest BCUT2D eigenvalue weighted by molar-refractivity contribution is 8.01. The van der Waals surface area contributed by atoms with E-state index in [2.05, 4.69) is 19.9 Å². The van der Waals surface area contributed by atoms with Crippen molar-refractivity contribution in [1.29, 1.82) is 5.26 Å². The Morgan fingerprint density at radius 3 is 2.00 bits per heavy atom. The predicted octanol–water partition coefficient (Wildman–Crippen LogP) is 2.43. The molecule has 0 fully saturated rings. The van der Waals surface area contributed by atoms with Gasteiger partial charge in [-0.3, -0.25) is 0 Å². The van der Waals surface area contributed by atoms with Crippen molar-refractivity contribution in [2.24, 2.45) is 0 Å². The molecule has 52 valence electrons. The Balaban J connectivity index is 3.76. The first kappa shape index (κ1) is 8.84. The smallest absolute Gasteiger partial charge is 0.0970 e. The van der Waals surface area contributed by atoms with E-state index in [0.29, 0.717) is 5.25 Å². The van der Waals surface area contributed by atoms with Crippen molar-refractivity contribution in [3.8, 4) is 6.07 Å². The van der Waals surface area contributed by atoms with Gasteiger partial charge in [-0.2, -0.15) is 5.26 Å². The highest BCUT2D eigenvalue weighted by Gasteiger charge is 2.18. The summed E-state index contributed by atoms with van der Waals surface area (Å²) in [6, 6.07) is 2.24. The lowest BCUT2D eigenvalue weighted by Gasteiger charge is -2.16. The van der Waals surface area contributed by atoms with Crippen LogP contribution in [0.3, 0.4) is 0 Å². The van der Waals surface area contributed by atoms with Crippen LogP contribution in [0, 0.1) is 11.3 Å². The zero-order chi connectivity index (χ0) is 7.49. The Morgan fingerprint density at radius 1 is 1.44 bits per heavy atom. The second-order valence-corrected chi connectivity index (χ2v) is 4.99. The van der Waals surface area contributed by atoms with Crippen molar-refractivity contribution < 1.29 is 0 Å². The lowest BCUT2D eigenvalue weighted by atomic mass is 10.2. The van der Waals surface area contributed by atoms with Gasteiger partial charge >= 0.3 is 0 Å². The molecule has 0 radical (unpaired) electrons. The van der Waals surface area contributed by atoms with Gasteiger partial charge in [0.05, 0.1) is 10.8 Å². The van der Waals surface area contributed by atoms with Crippen LogP contribution in [0.2, 0.25) is 0 Å². The zero-order valence-electron chi connectivity index (χ0n) is 6.43. The van der Waals surface area contributed by atoms with E-state index in [1.807, 2.05) is 13.8 Å². The van der Waals surface area contributed by atoms with Crippen LogP contribution in [-0.2, 0) is 0 Å². The maximum absolute atomic E-state index is 8.57. The van der Waals surface area contributed by atoms with Gasteiger partial charge in [-0.15, -0.1) is 11.8 Å². The second kappa shape index (κ2) is 3.12. The number of hydrogen-bond donors (Lipinski definition) is 0. The maximum Gasteiger partial charge on any atom is 0.0970 e. The third-order valence-electron chi connectivity index (χ3n) is 0.800. The first-order chi connectivity index (χ1) is 3.98. The number of rotatable bonds is 2. The van der Waals surface area contributed by atoms with E-state index in [9.17, 15) is 0 Å². The molecular weight excluding hydrogens is 130 g/mol. The summed E-state index contributed by atoms with van der Waals surface area (Å²) in [5, 5.41) is 9.11. The van der Waals surface area contributed by atoms with E-state index >= 15 is 0 Å². The first-order valence-electron chi connectivity index (χ1n) is 3.07. The first-order valence-corrected chi connectivity index (χ1v) is 3.95. The Morgan fingerprint density at radius 2 is 1.89 bits per heavy atom. The molecular formula is C7H13NS. The number of thioether (sulfide) groups is 1. The summed E-state index contributed by atoms with van der Waals surface area (Å²) in [5.41, 5.74) is 0. The Kier molecular flexibility index (Phi) is 3.07. The number of nitriles is 1. The molecule has 0 atom stereocenters. The summed E-state index contributed by atoms with van der Waals surface area (Å²) >= 11 is 1.70. The lowest BCUT2D eigenvalue weighted by molar-refractivity contribution is 0.899. The number of nitrogens with zero attached hydrogens (tertiary/aromatic N) is 1. The summed E-state index contributed by atoms with van der Waals surface area (Å²) in [6.45, 7) is 8.09. The van der Waals surface area contributed by atoms with Crippen molar-refractivity contribution in [3.63, 3.8) is 0 Å². The Labute approximate surface area is 61.4 Å². The summed E-state index contributed by atoms with van der Waals surface area (Å²) in [7, 11) is 0. The summed E-state index contributed by atoms with van der Waals surface area (Å²) in [5.74, 6) is 0. The topological polar surface area (TPSA) is 23.8 Å². The molecule has 9 heavy (non-hydrogen) atoms. The van der Waals surface area contributed by atoms with Crippen molar-refractivity contribution in [2.75, 3.05) is 0 Å².